The van der Waals surface area contributed by atoms with Crippen LogP contribution in [0, 0.1) is 6.92 Å². The van der Waals surface area contributed by atoms with E-state index in [4.69, 9.17) is 5.11 Å². The number of aliphatic carboxylic acids is 1. The SMILES string of the molecule is Cc1cc(NCC(=O)NCC(=O)O)ncn1. The Morgan fingerprint density at radius 3 is 2.75 bits per heavy atom. The highest BCUT2D eigenvalue weighted by Gasteiger charge is 2.03. The molecule has 0 aliphatic rings. The van der Waals surface area contributed by atoms with Gasteiger partial charge in [0.25, 0.3) is 0 Å². The van der Waals surface area contributed by atoms with Crippen molar-refractivity contribution in [2.24, 2.45) is 0 Å². The molecule has 7 heteroatoms. The first-order valence-corrected chi connectivity index (χ1v) is 4.59. The van der Waals surface area contributed by atoms with E-state index in [0.717, 1.165) is 5.69 Å². The van der Waals surface area contributed by atoms with Crippen LogP contribution >= 0.6 is 0 Å². The van der Waals surface area contributed by atoms with Crippen molar-refractivity contribution < 1.29 is 14.7 Å². The second-order valence-corrected chi connectivity index (χ2v) is 3.07. The number of nitrogens with one attached hydrogen (secondary N) is 2. The fourth-order valence-corrected chi connectivity index (χ4v) is 0.959. The van der Waals surface area contributed by atoms with Gasteiger partial charge in [0, 0.05) is 11.8 Å². The molecule has 0 radical (unpaired) electrons. The number of carboxylic acid groups (broad SMARTS) is 1. The Balaban J connectivity index is 2.34. The Morgan fingerprint density at radius 1 is 1.38 bits per heavy atom. The highest BCUT2D eigenvalue weighted by molar-refractivity contribution is 5.84. The summed E-state index contributed by atoms with van der Waals surface area (Å²) in [6, 6.07) is 1.68. The van der Waals surface area contributed by atoms with Crippen LogP contribution in [0.25, 0.3) is 0 Å². The van der Waals surface area contributed by atoms with E-state index in [1.165, 1.54) is 6.33 Å². The summed E-state index contributed by atoms with van der Waals surface area (Å²) in [6.07, 6.45) is 1.38. The minimum atomic E-state index is -1.08. The number of carbonyl (C=O) groups excluding carboxylic acids is 1. The second-order valence-electron chi connectivity index (χ2n) is 3.07. The normalized spacial score (nSPS) is 9.56. The van der Waals surface area contributed by atoms with Gasteiger partial charge in [0.05, 0.1) is 6.54 Å². The van der Waals surface area contributed by atoms with E-state index in [1.54, 1.807) is 13.0 Å². The fraction of sp³-hybridized carbons (Fsp3) is 0.333. The third-order valence-electron chi connectivity index (χ3n) is 1.67. The third kappa shape index (κ3) is 4.36. The predicted molar refractivity (Wildman–Crippen MR) is 55.9 cm³/mol. The summed E-state index contributed by atoms with van der Waals surface area (Å²) in [7, 11) is 0. The van der Waals surface area contributed by atoms with Crippen molar-refractivity contribution in [2.75, 3.05) is 18.4 Å². The van der Waals surface area contributed by atoms with Gasteiger partial charge in [-0.25, -0.2) is 9.97 Å². The van der Waals surface area contributed by atoms with Crippen molar-refractivity contribution in [1.29, 1.82) is 0 Å². The van der Waals surface area contributed by atoms with E-state index in [9.17, 15) is 9.59 Å². The molecule has 16 heavy (non-hydrogen) atoms. The van der Waals surface area contributed by atoms with Crippen molar-refractivity contribution in [3.05, 3.63) is 18.1 Å². The van der Waals surface area contributed by atoms with Gasteiger partial charge in [-0.15, -0.1) is 0 Å². The molecule has 0 aliphatic carbocycles. The van der Waals surface area contributed by atoms with Gasteiger partial charge in [0.2, 0.25) is 5.91 Å². The zero-order valence-corrected chi connectivity index (χ0v) is 8.73. The lowest BCUT2D eigenvalue weighted by Crippen LogP contribution is -2.33. The molecule has 1 rings (SSSR count). The number of aromatic nitrogens is 2. The van der Waals surface area contributed by atoms with Gasteiger partial charge in [0.15, 0.2) is 0 Å². The largest absolute Gasteiger partial charge is 0.480 e. The van der Waals surface area contributed by atoms with Crippen LogP contribution in [-0.2, 0) is 9.59 Å². The van der Waals surface area contributed by atoms with E-state index in [0.29, 0.717) is 5.82 Å². The van der Waals surface area contributed by atoms with Crippen LogP contribution in [0.5, 0.6) is 0 Å². The smallest absolute Gasteiger partial charge is 0.322 e. The number of nitrogens with zero attached hydrogens (tertiary/aromatic N) is 2. The maximum Gasteiger partial charge on any atom is 0.322 e. The molecule has 0 aromatic carbocycles. The Kier molecular flexibility index (Phi) is 4.19. The first kappa shape index (κ1) is 11.9. The number of rotatable bonds is 5. The quantitative estimate of drug-likeness (QED) is 0.616. The van der Waals surface area contributed by atoms with Crippen molar-refractivity contribution in [1.82, 2.24) is 15.3 Å². The third-order valence-corrected chi connectivity index (χ3v) is 1.67. The number of amides is 1. The molecule has 0 fully saturated rings. The van der Waals surface area contributed by atoms with Crippen molar-refractivity contribution in [3.8, 4) is 0 Å². The summed E-state index contributed by atoms with van der Waals surface area (Å²) in [5.74, 6) is -0.956. The lowest BCUT2D eigenvalue weighted by atomic mass is 10.4. The van der Waals surface area contributed by atoms with Crippen molar-refractivity contribution >= 4 is 17.7 Å². The molecular weight excluding hydrogens is 212 g/mol. The minimum absolute atomic E-state index is 0.0241. The molecule has 1 aromatic rings. The van der Waals surface area contributed by atoms with E-state index < -0.39 is 11.9 Å². The molecule has 0 saturated heterocycles. The van der Waals surface area contributed by atoms with Gasteiger partial charge in [0.1, 0.15) is 18.7 Å². The van der Waals surface area contributed by atoms with Crippen LogP contribution in [0.1, 0.15) is 5.69 Å². The fourth-order valence-electron chi connectivity index (χ4n) is 0.959. The average Bonchev–Trinajstić information content (AvgIpc) is 2.23. The van der Waals surface area contributed by atoms with E-state index in [-0.39, 0.29) is 13.1 Å². The Bertz CT molecular complexity index is 394. The summed E-state index contributed by atoms with van der Waals surface area (Å²) in [5.41, 5.74) is 0.781. The molecule has 0 bridgehead atoms. The number of aryl methyl sites for hydroxylation is 1. The molecule has 86 valence electrons. The number of hydrogen-bond donors (Lipinski definition) is 3. The van der Waals surface area contributed by atoms with Crippen LogP contribution in [0.4, 0.5) is 5.82 Å². The highest BCUT2D eigenvalue weighted by Crippen LogP contribution is 2.01. The van der Waals surface area contributed by atoms with E-state index >= 15 is 0 Å². The van der Waals surface area contributed by atoms with Gasteiger partial charge in [-0.1, -0.05) is 0 Å². The topological polar surface area (TPSA) is 104 Å². The van der Waals surface area contributed by atoms with Crippen LogP contribution in [-0.4, -0.2) is 40.0 Å². The minimum Gasteiger partial charge on any atom is -0.480 e. The maximum absolute atomic E-state index is 11.1. The average molecular weight is 224 g/mol. The molecule has 1 amide bonds. The van der Waals surface area contributed by atoms with Gasteiger partial charge in [-0.3, -0.25) is 9.59 Å². The van der Waals surface area contributed by atoms with E-state index in [1.807, 2.05) is 0 Å². The van der Waals surface area contributed by atoms with Crippen LogP contribution in [0.15, 0.2) is 12.4 Å². The van der Waals surface area contributed by atoms with Gasteiger partial charge in [-0.05, 0) is 6.92 Å². The highest BCUT2D eigenvalue weighted by atomic mass is 16.4. The summed E-state index contributed by atoms with van der Waals surface area (Å²) in [6.45, 7) is 1.39. The molecular formula is C9H12N4O3. The summed E-state index contributed by atoms with van der Waals surface area (Å²) in [5, 5.41) is 13.3. The van der Waals surface area contributed by atoms with Crippen LogP contribution in [0.2, 0.25) is 0 Å². The monoisotopic (exact) mass is 224 g/mol. The summed E-state index contributed by atoms with van der Waals surface area (Å²) < 4.78 is 0. The van der Waals surface area contributed by atoms with Crippen LogP contribution in [0.3, 0.4) is 0 Å². The molecule has 0 saturated carbocycles. The van der Waals surface area contributed by atoms with Crippen molar-refractivity contribution in [2.45, 2.75) is 6.92 Å². The molecule has 1 heterocycles. The zero-order chi connectivity index (χ0) is 12.0. The zero-order valence-electron chi connectivity index (χ0n) is 8.73. The maximum atomic E-state index is 11.1. The van der Waals surface area contributed by atoms with Gasteiger partial charge >= 0.3 is 5.97 Å². The van der Waals surface area contributed by atoms with Gasteiger partial charge in [-0.2, -0.15) is 0 Å². The van der Waals surface area contributed by atoms with Crippen molar-refractivity contribution in [3.63, 3.8) is 0 Å². The second kappa shape index (κ2) is 5.64. The first-order chi connectivity index (χ1) is 7.58. The first-order valence-electron chi connectivity index (χ1n) is 4.59. The number of anilines is 1. The Morgan fingerprint density at radius 2 is 2.12 bits per heavy atom. The van der Waals surface area contributed by atoms with Gasteiger partial charge < -0.3 is 15.7 Å². The molecule has 3 N–H and O–H groups in total. The Hall–Kier alpha value is -2.18. The molecule has 0 aliphatic heterocycles. The molecule has 0 unspecified atom stereocenters. The lowest BCUT2D eigenvalue weighted by molar-refractivity contribution is -0.137. The van der Waals surface area contributed by atoms with E-state index in [2.05, 4.69) is 20.6 Å². The lowest BCUT2D eigenvalue weighted by Gasteiger charge is -2.05. The molecule has 0 atom stereocenters. The molecule has 0 spiro atoms. The van der Waals surface area contributed by atoms with Crippen LogP contribution < -0.4 is 10.6 Å². The standard InChI is InChI=1S/C9H12N4O3/c1-6-2-7(13-5-12-6)10-3-8(14)11-4-9(15)16/h2,5H,3-4H2,1H3,(H,11,14)(H,15,16)(H,10,12,13). The number of hydrogen-bond acceptors (Lipinski definition) is 5. The summed E-state index contributed by atoms with van der Waals surface area (Å²) in [4.78, 5) is 29.1. The molecule has 1 aromatic heterocycles. The Labute approximate surface area is 91.9 Å². The number of carboxylic acids is 1. The number of carbonyl (C=O) groups is 2. The predicted octanol–water partition coefficient (Wildman–Crippen LogP) is -0.602. The molecule has 7 nitrogen and oxygen atoms in total. The summed E-state index contributed by atoms with van der Waals surface area (Å²) >= 11 is 0.